The van der Waals surface area contributed by atoms with Crippen LogP contribution in [0.4, 0.5) is 0 Å². The number of aliphatic hydroxyl groups excluding tert-OH is 1. The van der Waals surface area contributed by atoms with Crippen LogP contribution in [0.3, 0.4) is 0 Å². The van der Waals surface area contributed by atoms with Crippen molar-refractivity contribution in [2.24, 2.45) is 4.99 Å². The van der Waals surface area contributed by atoms with Crippen molar-refractivity contribution in [3.05, 3.63) is 35.9 Å². The molecule has 1 fully saturated rings. The Kier molecular flexibility index (Phi) is 8.92. The van der Waals surface area contributed by atoms with Crippen molar-refractivity contribution >= 4 is 5.96 Å². The molecular weight excluding hydrogens is 324 g/mol. The van der Waals surface area contributed by atoms with Crippen LogP contribution in [0, 0.1) is 0 Å². The first kappa shape index (κ1) is 20.7. The van der Waals surface area contributed by atoms with E-state index in [-0.39, 0.29) is 6.10 Å². The van der Waals surface area contributed by atoms with Crippen molar-refractivity contribution in [3.8, 4) is 0 Å². The zero-order chi connectivity index (χ0) is 18.8. The summed E-state index contributed by atoms with van der Waals surface area (Å²) in [5.74, 6) is 1.32. The van der Waals surface area contributed by atoms with E-state index < -0.39 is 0 Å². The fourth-order valence-electron chi connectivity index (χ4n) is 3.33. The quantitative estimate of drug-likeness (QED) is 0.379. The molecule has 0 aliphatic carbocycles. The summed E-state index contributed by atoms with van der Waals surface area (Å²) < 4.78 is 0. The number of aliphatic hydroxyl groups is 1. The SMILES string of the molecule is CCNC(=NCCCN1CCC(O)CC1)NC(C)C(C)c1ccccc1. The number of likely N-dealkylation sites (tertiary alicyclic amines) is 1. The van der Waals surface area contributed by atoms with Gasteiger partial charge in [0.25, 0.3) is 0 Å². The smallest absolute Gasteiger partial charge is 0.191 e. The molecule has 2 unspecified atom stereocenters. The third-order valence-electron chi connectivity index (χ3n) is 5.24. The van der Waals surface area contributed by atoms with E-state index in [0.717, 1.165) is 57.9 Å². The Hall–Kier alpha value is -1.59. The van der Waals surface area contributed by atoms with Crippen molar-refractivity contribution in [2.75, 3.05) is 32.7 Å². The summed E-state index contributed by atoms with van der Waals surface area (Å²) in [5, 5.41) is 16.5. The van der Waals surface area contributed by atoms with Crippen LogP contribution in [0.2, 0.25) is 0 Å². The highest BCUT2D eigenvalue weighted by Crippen LogP contribution is 2.18. The van der Waals surface area contributed by atoms with Crippen molar-refractivity contribution in [2.45, 2.75) is 58.1 Å². The van der Waals surface area contributed by atoms with Crippen LogP contribution in [0.5, 0.6) is 0 Å². The van der Waals surface area contributed by atoms with E-state index in [9.17, 15) is 5.11 Å². The molecule has 3 N–H and O–H groups in total. The largest absolute Gasteiger partial charge is 0.393 e. The fourth-order valence-corrected chi connectivity index (χ4v) is 3.33. The Bertz CT molecular complexity index is 526. The third-order valence-corrected chi connectivity index (χ3v) is 5.24. The molecule has 146 valence electrons. The summed E-state index contributed by atoms with van der Waals surface area (Å²) in [5.41, 5.74) is 1.34. The van der Waals surface area contributed by atoms with Gasteiger partial charge in [-0.1, -0.05) is 37.3 Å². The molecule has 0 spiro atoms. The molecule has 1 aliphatic heterocycles. The van der Waals surface area contributed by atoms with Gasteiger partial charge in [0.2, 0.25) is 0 Å². The maximum Gasteiger partial charge on any atom is 0.191 e. The molecule has 5 heteroatoms. The molecular formula is C21H36N4O. The van der Waals surface area contributed by atoms with E-state index in [1.165, 1.54) is 5.56 Å². The van der Waals surface area contributed by atoms with Crippen molar-refractivity contribution in [1.29, 1.82) is 0 Å². The molecule has 1 saturated heterocycles. The summed E-state index contributed by atoms with van der Waals surface area (Å²) in [6.07, 6.45) is 2.77. The lowest BCUT2D eigenvalue weighted by Crippen LogP contribution is -2.44. The normalized spacial score (nSPS) is 19.2. The topological polar surface area (TPSA) is 59.9 Å². The van der Waals surface area contributed by atoms with Crippen LogP contribution in [0.1, 0.15) is 51.5 Å². The molecule has 1 aromatic rings. The van der Waals surface area contributed by atoms with Gasteiger partial charge >= 0.3 is 0 Å². The van der Waals surface area contributed by atoms with Crippen LogP contribution < -0.4 is 10.6 Å². The van der Waals surface area contributed by atoms with Gasteiger partial charge in [0.15, 0.2) is 5.96 Å². The Labute approximate surface area is 158 Å². The molecule has 1 aliphatic rings. The molecule has 0 radical (unpaired) electrons. The second-order valence-electron chi connectivity index (χ2n) is 7.32. The zero-order valence-corrected chi connectivity index (χ0v) is 16.6. The van der Waals surface area contributed by atoms with Crippen LogP contribution in [-0.2, 0) is 0 Å². The maximum atomic E-state index is 9.58. The van der Waals surface area contributed by atoms with E-state index in [2.05, 4.69) is 66.6 Å². The molecule has 2 rings (SSSR count). The van der Waals surface area contributed by atoms with Gasteiger partial charge in [-0.15, -0.1) is 0 Å². The van der Waals surface area contributed by atoms with Crippen LogP contribution >= 0.6 is 0 Å². The lowest BCUT2D eigenvalue weighted by molar-refractivity contribution is 0.0824. The van der Waals surface area contributed by atoms with E-state index in [4.69, 9.17) is 4.99 Å². The van der Waals surface area contributed by atoms with Crippen LogP contribution in [-0.4, -0.2) is 60.8 Å². The van der Waals surface area contributed by atoms with E-state index in [0.29, 0.717) is 12.0 Å². The molecule has 2 atom stereocenters. The monoisotopic (exact) mass is 360 g/mol. The predicted octanol–water partition coefficient (Wildman–Crippen LogP) is 2.58. The minimum Gasteiger partial charge on any atom is -0.393 e. The molecule has 5 nitrogen and oxygen atoms in total. The van der Waals surface area contributed by atoms with E-state index in [1.54, 1.807) is 0 Å². The van der Waals surface area contributed by atoms with Gasteiger partial charge in [0.1, 0.15) is 0 Å². The minimum absolute atomic E-state index is 0.0954. The standard InChI is InChI=1S/C21H36N4O/c1-4-22-21(23-13-8-14-25-15-11-20(26)12-16-25)24-18(3)17(2)19-9-6-5-7-10-19/h5-7,9-10,17-18,20,26H,4,8,11-16H2,1-3H3,(H2,22,23,24). The average molecular weight is 361 g/mol. The predicted molar refractivity (Wildman–Crippen MR) is 110 cm³/mol. The first-order valence-corrected chi connectivity index (χ1v) is 10.1. The van der Waals surface area contributed by atoms with Crippen molar-refractivity contribution in [1.82, 2.24) is 15.5 Å². The summed E-state index contributed by atoms with van der Waals surface area (Å²) in [6.45, 7) is 11.3. The second-order valence-corrected chi connectivity index (χ2v) is 7.32. The first-order chi connectivity index (χ1) is 12.6. The summed E-state index contributed by atoms with van der Waals surface area (Å²) in [4.78, 5) is 7.18. The number of benzene rings is 1. The molecule has 0 aromatic heterocycles. The summed E-state index contributed by atoms with van der Waals surface area (Å²) in [7, 11) is 0. The fraction of sp³-hybridized carbons (Fsp3) is 0.667. The van der Waals surface area contributed by atoms with Gasteiger partial charge < -0.3 is 20.6 Å². The van der Waals surface area contributed by atoms with Gasteiger partial charge in [-0.2, -0.15) is 0 Å². The number of piperidine rings is 1. The second kappa shape index (κ2) is 11.2. The van der Waals surface area contributed by atoms with Gasteiger partial charge in [0, 0.05) is 38.1 Å². The van der Waals surface area contributed by atoms with E-state index >= 15 is 0 Å². The van der Waals surface area contributed by atoms with Gasteiger partial charge in [-0.3, -0.25) is 4.99 Å². The van der Waals surface area contributed by atoms with E-state index in [1.807, 2.05) is 0 Å². The number of hydrogen-bond donors (Lipinski definition) is 3. The number of nitrogens with zero attached hydrogens (tertiary/aromatic N) is 2. The molecule has 0 bridgehead atoms. The van der Waals surface area contributed by atoms with Crippen molar-refractivity contribution < 1.29 is 5.11 Å². The average Bonchev–Trinajstić information content (AvgIpc) is 2.66. The highest BCUT2D eigenvalue weighted by atomic mass is 16.3. The molecule has 26 heavy (non-hydrogen) atoms. The molecule has 0 amide bonds. The minimum atomic E-state index is -0.0954. The Morgan fingerprint density at radius 2 is 1.92 bits per heavy atom. The van der Waals surface area contributed by atoms with Crippen LogP contribution in [0.15, 0.2) is 35.3 Å². The highest BCUT2D eigenvalue weighted by Gasteiger charge is 2.17. The Morgan fingerprint density at radius 3 is 2.58 bits per heavy atom. The number of hydrogen-bond acceptors (Lipinski definition) is 3. The number of rotatable bonds is 8. The summed E-state index contributed by atoms with van der Waals surface area (Å²) in [6, 6.07) is 10.9. The Morgan fingerprint density at radius 1 is 1.23 bits per heavy atom. The lowest BCUT2D eigenvalue weighted by atomic mass is 9.94. The number of guanidine groups is 1. The third kappa shape index (κ3) is 6.96. The number of aliphatic imine (C=N–C) groups is 1. The number of nitrogens with one attached hydrogen (secondary N) is 2. The first-order valence-electron chi connectivity index (χ1n) is 10.1. The zero-order valence-electron chi connectivity index (χ0n) is 16.6. The lowest BCUT2D eigenvalue weighted by Gasteiger charge is -2.29. The summed E-state index contributed by atoms with van der Waals surface area (Å²) >= 11 is 0. The maximum absolute atomic E-state index is 9.58. The van der Waals surface area contributed by atoms with Gasteiger partial charge in [-0.05, 0) is 45.2 Å². The van der Waals surface area contributed by atoms with Crippen LogP contribution in [0.25, 0.3) is 0 Å². The molecule has 1 aromatic carbocycles. The highest BCUT2D eigenvalue weighted by molar-refractivity contribution is 5.80. The van der Waals surface area contributed by atoms with Crippen molar-refractivity contribution in [3.63, 3.8) is 0 Å². The molecule has 1 heterocycles. The Balaban J connectivity index is 1.78. The van der Waals surface area contributed by atoms with Gasteiger partial charge in [-0.25, -0.2) is 0 Å². The molecule has 0 saturated carbocycles. The van der Waals surface area contributed by atoms with Gasteiger partial charge in [0.05, 0.1) is 6.10 Å².